The summed E-state index contributed by atoms with van der Waals surface area (Å²) < 4.78 is 0. The molecule has 4 nitrogen and oxygen atoms in total. The van der Waals surface area contributed by atoms with Crippen molar-refractivity contribution in [3.8, 4) is 5.75 Å². The monoisotopic (exact) mass is 194 g/mol. The highest BCUT2D eigenvalue weighted by Crippen LogP contribution is 2.20. The van der Waals surface area contributed by atoms with Gasteiger partial charge in [0.25, 0.3) is 0 Å². The number of hydrogen-bond donors (Lipinski definition) is 2. The molecule has 2 amide bonds. The molecule has 1 rings (SSSR count). The summed E-state index contributed by atoms with van der Waals surface area (Å²) in [6, 6.07) is 4.81. The highest BCUT2D eigenvalue weighted by Gasteiger charge is 2.04. The number of rotatable bonds is 1. The van der Waals surface area contributed by atoms with Crippen LogP contribution in [0.25, 0.3) is 0 Å². The molecule has 4 heteroatoms. The maximum Gasteiger partial charge on any atom is 0.321 e. The quantitative estimate of drug-likeness (QED) is 0.716. The van der Waals surface area contributed by atoms with Gasteiger partial charge in [-0.1, -0.05) is 6.07 Å². The Morgan fingerprint density at radius 3 is 2.57 bits per heavy atom. The maximum absolute atomic E-state index is 11.2. The van der Waals surface area contributed by atoms with Crippen LogP contribution in [0, 0.1) is 6.92 Å². The van der Waals surface area contributed by atoms with Crippen molar-refractivity contribution < 1.29 is 9.90 Å². The van der Waals surface area contributed by atoms with Gasteiger partial charge in [0.15, 0.2) is 0 Å². The Labute approximate surface area is 83.2 Å². The molecular weight excluding hydrogens is 180 g/mol. The minimum Gasteiger partial charge on any atom is -0.508 e. The average molecular weight is 194 g/mol. The number of urea groups is 1. The van der Waals surface area contributed by atoms with Crippen molar-refractivity contribution >= 4 is 11.7 Å². The number of amides is 2. The van der Waals surface area contributed by atoms with E-state index in [1.54, 1.807) is 33.2 Å². The number of phenols is 1. The van der Waals surface area contributed by atoms with E-state index in [9.17, 15) is 9.90 Å². The van der Waals surface area contributed by atoms with Crippen molar-refractivity contribution in [1.29, 1.82) is 0 Å². The summed E-state index contributed by atoms with van der Waals surface area (Å²) in [7, 11) is 3.31. The third-order valence-electron chi connectivity index (χ3n) is 1.87. The van der Waals surface area contributed by atoms with Crippen molar-refractivity contribution in [3.63, 3.8) is 0 Å². The largest absolute Gasteiger partial charge is 0.508 e. The van der Waals surface area contributed by atoms with Gasteiger partial charge >= 0.3 is 6.03 Å². The SMILES string of the molecule is Cc1ccc(NC(=O)N(C)C)cc1O. The summed E-state index contributed by atoms with van der Waals surface area (Å²) in [5, 5.41) is 12.0. The molecule has 0 aliphatic rings. The molecule has 0 saturated carbocycles. The first-order valence-corrected chi connectivity index (χ1v) is 4.28. The highest BCUT2D eigenvalue weighted by atomic mass is 16.3. The zero-order valence-corrected chi connectivity index (χ0v) is 8.53. The van der Waals surface area contributed by atoms with E-state index >= 15 is 0 Å². The lowest BCUT2D eigenvalue weighted by Crippen LogP contribution is -2.27. The summed E-state index contributed by atoms with van der Waals surface area (Å²) >= 11 is 0. The molecule has 0 bridgehead atoms. The van der Waals surface area contributed by atoms with E-state index in [2.05, 4.69) is 5.32 Å². The van der Waals surface area contributed by atoms with E-state index in [0.717, 1.165) is 5.56 Å². The van der Waals surface area contributed by atoms with E-state index in [1.807, 2.05) is 0 Å². The van der Waals surface area contributed by atoms with Gasteiger partial charge < -0.3 is 15.3 Å². The number of hydrogen-bond acceptors (Lipinski definition) is 2. The lowest BCUT2D eigenvalue weighted by Gasteiger charge is -2.12. The molecule has 0 atom stereocenters. The van der Waals surface area contributed by atoms with Crippen LogP contribution in [0.1, 0.15) is 5.56 Å². The van der Waals surface area contributed by atoms with Gasteiger partial charge in [-0.15, -0.1) is 0 Å². The molecule has 0 saturated heterocycles. The van der Waals surface area contributed by atoms with Crippen molar-refractivity contribution in [3.05, 3.63) is 23.8 Å². The van der Waals surface area contributed by atoms with Crippen LogP contribution in [0.15, 0.2) is 18.2 Å². The maximum atomic E-state index is 11.2. The molecule has 0 aliphatic carbocycles. The molecule has 0 aliphatic heterocycles. The first-order valence-electron chi connectivity index (χ1n) is 4.28. The summed E-state index contributed by atoms with van der Waals surface area (Å²) in [6.45, 7) is 1.80. The van der Waals surface area contributed by atoms with Gasteiger partial charge in [-0.25, -0.2) is 4.79 Å². The Balaban J connectivity index is 2.78. The third-order valence-corrected chi connectivity index (χ3v) is 1.87. The van der Waals surface area contributed by atoms with Crippen LogP contribution < -0.4 is 5.32 Å². The molecule has 2 N–H and O–H groups in total. The second-order valence-electron chi connectivity index (χ2n) is 3.33. The summed E-state index contributed by atoms with van der Waals surface area (Å²) in [5.41, 5.74) is 1.37. The normalized spacial score (nSPS) is 9.64. The molecule has 14 heavy (non-hydrogen) atoms. The van der Waals surface area contributed by atoms with Gasteiger partial charge in [0.05, 0.1) is 0 Å². The topological polar surface area (TPSA) is 52.6 Å². The third kappa shape index (κ3) is 2.39. The van der Waals surface area contributed by atoms with Crippen LogP contribution in [0.2, 0.25) is 0 Å². The number of benzene rings is 1. The van der Waals surface area contributed by atoms with Gasteiger partial charge in [-0.3, -0.25) is 0 Å². The molecule has 0 aromatic heterocycles. The smallest absolute Gasteiger partial charge is 0.321 e. The van der Waals surface area contributed by atoms with E-state index in [4.69, 9.17) is 0 Å². The Morgan fingerprint density at radius 1 is 1.43 bits per heavy atom. The fourth-order valence-corrected chi connectivity index (χ4v) is 0.922. The Hall–Kier alpha value is -1.71. The second kappa shape index (κ2) is 4.00. The van der Waals surface area contributed by atoms with E-state index in [1.165, 1.54) is 11.0 Å². The number of carbonyl (C=O) groups is 1. The highest BCUT2D eigenvalue weighted by molar-refractivity contribution is 5.89. The zero-order valence-electron chi connectivity index (χ0n) is 8.53. The van der Waals surface area contributed by atoms with Crippen molar-refractivity contribution in [2.24, 2.45) is 0 Å². The lowest BCUT2D eigenvalue weighted by atomic mass is 10.2. The van der Waals surface area contributed by atoms with Crippen LogP contribution in [0.3, 0.4) is 0 Å². The first kappa shape index (κ1) is 10.4. The molecule has 0 radical (unpaired) electrons. The van der Waals surface area contributed by atoms with Gasteiger partial charge in [-0.2, -0.15) is 0 Å². The number of nitrogens with one attached hydrogen (secondary N) is 1. The Kier molecular flexibility index (Phi) is 2.96. The molecule has 76 valence electrons. The molecule has 1 aromatic carbocycles. The van der Waals surface area contributed by atoms with E-state index in [0.29, 0.717) is 5.69 Å². The Bertz CT molecular complexity index is 348. The molecular formula is C10H14N2O2. The lowest BCUT2D eigenvalue weighted by molar-refractivity contribution is 0.230. The van der Waals surface area contributed by atoms with Gasteiger partial charge in [0.2, 0.25) is 0 Å². The van der Waals surface area contributed by atoms with Crippen LogP contribution in [0.4, 0.5) is 10.5 Å². The summed E-state index contributed by atoms with van der Waals surface area (Å²) in [5.74, 6) is 0.182. The average Bonchev–Trinajstić information content (AvgIpc) is 2.11. The number of aromatic hydroxyl groups is 1. The number of anilines is 1. The van der Waals surface area contributed by atoms with E-state index in [-0.39, 0.29) is 11.8 Å². The Morgan fingerprint density at radius 2 is 2.07 bits per heavy atom. The molecule has 0 spiro atoms. The number of nitrogens with zero attached hydrogens (tertiary/aromatic N) is 1. The van der Waals surface area contributed by atoms with Crippen molar-refractivity contribution in [2.45, 2.75) is 6.92 Å². The number of carbonyl (C=O) groups excluding carboxylic acids is 1. The fourth-order valence-electron chi connectivity index (χ4n) is 0.922. The minimum atomic E-state index is -0.215. The molecule has 1 aromatic rings. The predicted molar refractivity (Wildman–Crippen MR) is 55.5 cm³/mol. The van der Waals surface area contributed by atoms with Crippen LogP contribution in [-0.2, 0) is 0 Å². The van der Waals surface area contributed by atoms with E-state index < -0.39 is 0 Å². The second-order valence-corrected chi connectivity index (χ2v) is 3.33. The van der Waals surface area contributed by atoms with Gasteiger partial charge in [0, 0.05) is 25.8 Å². The summed E-state index contributed by atoms with van der Waals surface area (Å²) in [6.07, 6.45) is 0. The van der Waals surface area contributed by atoms with Gasteiger partial charge in [-0.05, 0) is 18.6 Å². The van der Waals surface area contributed by atoms with Gasteiger partial charge in [0.1, 0.15) is 5.75 Å². The molecule has 0 heterocycles. The molecule has 0 fully saturated rings. The molecule has 0 unspecified atom stereocenters. The first-order chi connectivity index (χ1) is 6.50. The fraction of sp³-hybridized carbons (Fsp3) is 0.300. The summed E-state index contributed by atoms with van der Waals surface area (Å²) in [4.78, 5) is 12.7. The minimum absolute atomic E-state index is 0.182. The standard InChI is InChI=1S/C10H14N2O2/c1-7-4-5-8(6-9(7)13)11-10(14)12(2)3/h4-6,13H,1-3H3,(H,11,14). The number of aryl methyl sites for hydroxylation is 1. The van der Waals surface area contributed by atoms with Crippen molar-refractivity contribution in [2.75, 3.05) is 19.4 Å². The van der Waals surface area contributed by atoms with Crippen molar-refractivity contribution in [1.82, 2.24) is 4.90 Å². The number of phenolic OH excluding ortho intramolecular Hbond substituents is 1. The van der Waals surface area contributed by atoms with Crippen LogP contribution in [-0.4, -0.2) is 30.1 Å². The zero-order chi connectivity index (χ0) is 10.7. The predicted octanol–water partition coefficient (Wildman–Crippen LogP) is 1.79. The van der Waals surface area contributed by atoms with Crippen LogP contribution in [0.5, 0.6) is 5.75 Å². The van der Waals surface area contributed by atoms with Crippen LogP contribution >= 0.6 is 0 Å².